The molecule has 6 nitrogen and oxygen atoms in total. The summed E-state index contributed by atoms with van der Waals surface area (Å²) in [7, 11) is 0. The van der Waals surface area contributed by atoms with E-state index in [9.17, 15) is 4.79 Å². The zero-order valence-electron chi connectivity index (χ0n) is 9.76. The predicted octanol–water partition coefficient (Wildman–Crippen LogP) is 0.756. The molecular weight excluding hydrogens is 230 g/mol. The van der Waals surface area contributed by atoms with Crippen LogP contribution in [0.1, 0.15) is 18.4 Å². The summed E-state index contributed by atoms with van der Waals surface area (Å²) < 4.78 is 1.79. The van der Waals surface area contributed by atoms with Crippen molar-refractivity contribution >= 4 is 22.9 Å². The molecule has 18 heavy (non-hydrogen) atoms. The highest BCUT2D eigenvalue weighted by Crippen LogP contribution is 2.19. The minimum atomic E-state index is -0.337. The van der Waals surface area contributed by atoms with E-state index in [4.69, 9.17) is 16.7 Å². The molecule has 2 aromatic rings. The number of benzene rings is 1. The van der Waals surface area contributed by atoms with Gasteiger partial charge in [0, 0.05) is 13.0 Å². The van der Waals surface area contributed by atoms with Crippen LogP contribution >= 0.6 is 0 Å². The molecule has 0 aliphatic rings. The molecule has 0 saturated carbocycles. The Balaban J connectivity index is 2.33. The van der Waals surface area contributed by atoms with Crippen LogP contribution in [0.25, 0.3) is 11.0 Å². The number of nitrogens with two attached hydrogens (primary N) is 2. The quantitative estimate of drug-likeness (QED) is 0.825. The van der Waals surface area contributed by atoms with E-state index < -0.39 is 0 Å². The molecule has 0 aliphatic carbocycles. The number of amides is 1. The Labute approximate surface area is 104 Å². The van der Waals surface area contributed by atoms with Crippen molar-refractivity contribution in [2.45, 2.75) is 19.4 Å². The highest BCUT2D eigenvalue weighted by Gasteiger charge is 2.09. The number of fused-ring (bicyclic) bond motifs is 1. The molecule has 1 heterocycles. The van der Waals surface area contributed by atoms with E-state index >= 15 is 0 Å². The van der Waals surface area contributed by atoms with E-state index in [0.717, 1.165) is 11.0 Å². The van der Waals surface area contributed by atoms with Gasteiger partial charge in [0.15, 0.2) is 0 Å². The minimum Gasteiger partial charge on any atom is -0.370 e. The second-order valence-corrected chi connectivity index (χ2v) is 4.01. The molecule has 0 fully saturated rings. The summed E-state index contributed by atoms with van der Waals surface area (Å²) >= 11 is 0. The monoisotopic (exact) mass is 243 g/mol. The molecule has 92 valence electrons. The molecule has 2 rings (SSSR count). The fourth-order valence-electron chi connectivity index (χ4n) is 1.86. The number of nitrogens with zero attached hydrogens (tertiary/aromatic N) is 3. The minimum absolute atomic E-state index is 0.303. The van der Waals surface area contributed by atoms with Crippen LogP contribution in [0.4, 0.5) is 5.95 Å². The van der Waals surface area contributed by atoms with Gasteiger partial charge in [-0.2, -0.15) is 5.26 Å². The molecule has 0 radical (unpaired) electrons. The number of hydrogen-bond donors (Lipinski definition) is 2. The molecule has 0 atom stereocenters. The summed E-state index contributed by atoms with van der Waals surface area (Å²) in [5.74, 6) is 0.0419. The standard InChI is InChI=1S/C12H13N5O/c13-7-8-3-4-9-10(6-8)17(12(15)16-9)5-1-2-11(14)18/h3-4,6H,1-2,5H2,(H2,14,18)(H2,15,16). The van der Waals surface area contributed by atoms with Crippen molar-refractivity contribution in [3.8, 4) is 6.07 Å². The first-order valence-corrected chi connectivity index (χ1v) is 5.56. The van der Waals surface area contributed by atoms with Crippen LogP contribution in [0.2, 0.25) is 0 Å². The van der Waals surface area contributed by atoms with Gasteiger partial charge in [-0.3, -0.25) is 4.79 Å². The Bertz CT molecular complexity index is 638. The number of rotatable bonds is 4. The Morgan fingerprint density at radius 1 is 1.50 bits per heavy atom. The third-order valence-electron chi connectivity index (χ3n) is 2.71. The van der Waals surface area contributed by atoms with Crippen molar-refractivity contribution in [1.82, 2.24) is 9.55 Å². The molecule has 0 aliphatic heterocycles. The van der Waals surface area contributed by atoms with Crippen LogP contribution < -0.4 is 11.5 Å². The Morgan fingerprint density at radius 2 is 2.28 bits per heavy atom. The molecular formula is C12H13N5O. The lowest BCUT2D eigenvalue weighted by molar-refractivity contribution is -0.118. The number of hydrogen-bond acceptors (Lipinski definition) is 4. The largest absolute Gasteiger partial charge is 0.370 e. The van der Waals surface area contributed by atoms with E-state index in [1.807, 2.05) is 0 Å². The first-order valence-electron chi connectivity index (χ1n) is 5.56. The van der Waals surface area contributed by atoms with Crippen molar-refractivity contribution in [2.75, 3.05) is 5.73 Å². The number of nitrogen functional groups attached to an aromatic ring is 1. The number of primary amides is 1. The van der Waals surface area contributed by atoms with Crippen LogP contribution in [-0.2, 0) is 11.3 Å². The van der Waals surface area contributed by atoms with E-state index in [1.165, 1.54) is 0 Å². The summed E-state index contributed by atoms with van der Waals surface area (Å²) in [6.45, 7) is 0.556. The maximum absolute atomic E-state index is 10.7. The topological polar surface area (TPSA) is 111 Å². The Kier molecular flexibility index (Phi) is 3.15. The molecule has 4 N–H and O–H groups in total. The van der Waals surface area contributed by atoms with Gasteiger partial charge in [0.05, 0.1) is 22.7 Å². The molecule has 1 aromatic carbocycles. The fourth-order valence-corrected chi connectivity index (χ4v) is 1.86. The van der Waals surface area contributed by atoms with E-state index in [2.05, 4.69) is 11.1 Å². The van der Waals surface area contributed by atoms with E-state index in [-0.39, 0.29) is 5.91 Å². The molecule has 0 spiro atoms. The highest BCUT2D eigenvalue weighted by atomic mass is 16.1. The second kappa shape index (κ2) is 4.75. The fraction of sp³-hybridized carbons (Fsp3) is 0.250. The van der Waals surface area contributed by atoms with Gasteiger partial charge in [-0.05, 0) is 24.6 Å². The van der Waals surface area contributed by atoms with Crippen molar-refractivity contribution in [2.24, 2.45) is 5.73 Å². The first kappa shape index (κ1) is 11.9. The van der Waals surface area contributed by atoms with Gasteiger partial charge in [-0.15, -0.1) is 0 Å². The second-order valence-electron chi connectivity index (χ2n) is 4.01. The van der Waals surface area contributed by atoms with Gasteiger partial charge in [0.25, 0.3) is 0 Å². The van der Waals surface area contributed by atoms with Crippen LogP contribution in [-0.4, -0.2) is 15.5 Å². The number of nitriles is 1. The van der Waals surface area contributed by atoms with Crippen LogP contribution in [0.3, 0.4) is 0 Å². The first-order chi connectivity index (χ1) is 8.61. The van der Waals surface area contributed by atoms with Crippen LogP contribution in [0.15, 0.2) is 18.2 Å². The van der Waals surface area contributed by atoms with Crippen LogP contribution in [0, 0.1) is 11.3 Å². The summed E-state index contributed by atoms with van der Waals surface area (Å²) in [5.41, 5.74) is 13.0. The third kappa shape index (κ3) is 2.25. The number of anilines is 1. The maximum Gasteiger partial charge on any atom is 0.217 e. The summed E-state index contributed by atoms with van der Waals surface area (Å²) in [5, 5.41) is 8.87. The Morgan fingerprint density at radius 3 is 2.94 bits per heavy atom. The van der Waals surface area contributed by atoms with E-state index in [1.54, 1.807) is 22.8 Å². The van der Waals surface area contributed by atoms with Crippen molar-refractivity contribution in [3.63, 3.8) is 0 Å². The number of imidazole rings is 1. The van der Waals surface area contributed by atoms with Gasteiger partial charge >= 0.3 is 0 Å². The number of carbonyl (C=O) groups is 1. The maximum atomic E-state index is 10.7. The third-order valence-corrected chi connectivity index (χ3v) is 2.71. The number of carbonyl (C=O) groups excluding carboxylic acids is 1. The molecule has 1 amide bonds. The zero-order chi connectivity index (χ0) is 13.1. The SMILES string of the molecule is N#Cc1ccc2nc(N)n(CCCC(N)=O)c2c1. The van der Waals surface area contributed by atoms with Gasteiger partial charge in [0.1, 0.15) is 0 Å². The summed E-state index contributed by atoms with van der Waals surface area (Å²) in [6, 6.07) is 7.27. The number of aryl methyl sites for hydroxylation is 1. The smallest absolute Gasteiger partial charge is 0.217 e. The number of aromatic nitrogens is 2. The van der Waals surface area contributed by atoms with Gasteiger partial charge in [-0.1, -0.05) is 0 Å². The van der Waals surface area contributed by atoms with E-state index in [0.29, 0.717) is 30.9 Å². The average molecular weight is 243 g/mol. The lowest BCUT2D eigenvalue weighted by Gasteiger charge is -2.05. The van der Waals surface area contributed by atoms with Crippen molar-refractivity contribution in [3.05, 3.63) is 23.8 Å². The molecule has 1 aromatic heterocycles. The van der Waals surface area contributed by atoms with Gasteiger partial charge in [0.2, 0.25) is 11.9 Å². The summed E-state index contributed by atoms with van der Waals surface area (Å²) in [6.07, 6.45) is 0.902. The lowest BCUT2D eigenvalue weighted by Crippen LogP contribution is -2.12. The molecule has 0 unspecified atom stereocenters. The summed E-state index contributed by atoms with van der Waals surface area (Å²) in [4.78, 5) is 14.9. The lowest BCUT2D eigenvalue weighted by atomic mass is 10.2. The normalized spacial score (nSPS) is 10.4. The van der Waals surface area contributed by atoms with Gasteiger partial charge in [-0.25, -0.2) is 4.98 Å². The Hall–Kier alpha value is -2.55. The molecule has 6 heteroatoms. The zero-order valence-corrected chi connectivity index (χ0v) is 9.76. The predicted molar refractivity (Wildman–Crippen MR) is 67.3 cm³/mol. The van der Waals surface area contributed by atoms with Crippen molar-refractivity contribution < 1.29 is 4.79 Å². The van der Waals surface area contributed by atoms with Gasteiger partial charge < -0.3 is 16.0 Å². The average Bonchev–Trinajstić information content (AvgIpc) is 2.64. The molecule has 0 saturated heterocycles. The highest BCUT2D eigenvalue weighted by molar-refractivity contribution is 5.80. The van der Waals surface area contributed by atoms with Crippen LogP contribution in [0.5, 0.6) is 0 Å². The molecule has 0 bridgehead atoms. The van der Waals surface area contributed by atoms with Crippen molar-refractivity contribution in [1.29, 1.82) is 5.26 Å².